The minimum absolute atomic E-state index is 0.0805. The summed E-state index contributed by atoms with van der Waals surface area (Å²) in [5.74, 6) is -1.89. The number of ether oxygens (including phenoxy) is 2. The molecule has 0 aromatic heterocycles. The van der Waals surface area contributed by atoms with Crippen molar-refractivity contribution in [2.24, 2.45) is 17.8 Å². The summed E-state index contributed by atoms with van der Waals surface area (Å²) in [5.41, 5.74) is -0.122. The Hall–Kier alpha value is -0.750. The minimum atomic E-state index is -2.63. The van der Waals surface area contributed by atoms with Crippen molar-refractivity contribution in [1.29, 1.82) is 0 Å². The second kappa shape index (κ2) is 6.76. The molecule has 2 saturated heterocycles. The van der Waals surface area contributed by atoms with Crippen LogP contribution < -0.4 is 0 Å². The number of halogens is 2. The van der Waals surface area contributed by atoms with Gasteiger partial charge in [0, 0.05) is 51.7 Å². The summed E-state index contributed by atoms with van der Waals surface area (Å²) in [5, 5.41) is 0. The van der Waals surface area contributed by atoms with Gasteiger partial charge in [0.1, 0.15) is 0 Å². The highest BCUT2D eigenvalue weighted by molar-refractivity contribution is 5.80. The average Bonchev–Trinajstić information content (AvgIpc) is 3.32. The predicted octanol–water partition coefficient (Wildman–Crippen LogP) is 3.25. The third-order valence-corrected chi connectivity index (χ3v) is 6.62. The fourth-order valence-corrected chi connectivity index (χ4v) is 4.71. The monoisotopic (exact) mass is 357 g/mol. The molecule has 2 aliphatic heterocycles. The van der Waals surface area contributed by atoms with Crippen molar-refractivity contribution in [3.8, 4) is 0 Å². The first kappa shape index (κ1) is 17.7. The Kier molecular flexibility index (Phi) is 4.78. The number of nitrogens with zero attached hydrogens (tertiary/aromatic N) is 1. The van der Waals surface area contributed by atoms with Crippen LogP contribution in [0.4, 0.5) is 8.78 Å². The van der Waals surface area contributed by atoms with E-state index in [-0.39, 0.29) is 24.3 Å². The van der Waals surface area contributed by atoms with Crippen molar-refractivity contribution >= 4 is 5.91 Å². The van der Waals surface area contributed by atoms with Gasteiger partial charge < -0.3 is 14.4 Å². The van der Waals surface area contributed by atoms with Gasteiger partial charge in [0.25, 0.3) is 0 Å². The van der Waals surface area contributed by atoms with Gasteiger partial charge in [-0.15, -0.1) is 0 Å². The molecule has 4 aliphatic rings. The summed E-state index contributed by atoms with van der Waals surface area (Å²) >= 11 is 0. The highest BCUT2D eigenvalue weighted by Gasteiger charge is 2.52. The lowest BCUT2D eigenvalue weighted by Crippen LogP contribution is -2.53. The van der Waals surface area contributed by atoms with E-state index in [4.69, 9.17) is 9.47 Å². The molecular weight excluding hydrogens is 328 g/mol. The van der Waals surface area contributed by atoms with E-state index in [1.165, 1.54) is 12.8 Å². The van der Waals surface area contributed by atoms with Crippen LogP contribution >= 0.6 is 0 Å². The van der Waals surface area contributed by atoms with Crippen molar-refractivity contribution in [2.45, 2.75) is 62.9 Å². The number of carbonyl (C=O) groups excluding carboxylic acids is 1. The molecule has 2 heterocycles. The number of alkyl halides is 2. The molecule has 25 heavy (non-hydrogen) atoms. The van der Waals surface area contributed by atoms with Crippen LogP contribution in [0.1, 0.15) is 51.4 Å². The van der Waals surface area contributed by atoms with Crippen molar-refractivity contribution in [1.82, 2.24) is 4.90 Å². The summed E-state index contributed by atoms with van der Waals surface area (Å²) in [7, 11) is 0. The molecular formula is C19H29F2NO3. The van der Waals surface area contributed by atoms with Crippen LogP contribution in [0.25, 0.3) is 0 Å². The molecule has 0 aromatic rings. The Morgan fingerprint density at radius 1 is 1.16 bits per heavy atom. The van der Waals surface area contributed by atoms with E-state index in [1.54, 1.807) is 4.90 Å². The molecule has 1 amide bonds. The standard InChI is InChI=1S/C19H29F2NO3/c20-19(21)11-15(12-19)17(23)22-7-5-18(6-8-22)16(4-10-25-18)3-9-24-13-14-1-2-14/h14-16H,1-13H2. The van der Waals surface area contributed by atoms with Gasteiger partial charge in [0.15, 0.2) is 0 Å². The van der Waals surface area contributed by atoms with Gasteiger partial charge in [-0.25, -0.2) is 8.78 Å². The zero-order valence-electron chi connectivity index (χ0n) is 14.9. The summed E-state index contributed by atoms with van der Waals surface area (Å²) in [6.45, 7) is 3.76. The lowest BCUT2D eigenvalue weighted by Gasteiger charge is -2.44. The highest BCUT2D eigenvalue weighted by atomic mass is 19.3. The van der Waals surface area contributed by atoms with Gasteiger partial charge >= 0.3 is 0 Å². The lowest BCUT2D eigenvalue weighted by molar-refractivity contribution is -0.164. The molecule has 0 aromatic carbocycles. The lowest BCUT2D eigenvalue weighted by atomic mass is 9.76. The first-order valence-corrected chi connectivity index (χ1v) is 9.86. The first-order chi connectivity index (χ1) is 12.0. The van der Waals surface area contributed by atoms with E-state index < -0.39 is 11.8 Å². The molecule has 0 N–H and O–H groups in total. The van der Waals surface area contributed by atoms with Crippen LogP contribution in [0.15, 0.2) is 0 Å². The Bertz CT molecular complexity index is 493. The van der Waals surface area contributed by atoms with Gasteiger partial charge in [-0.2, -0.15) is 0 Å². The van der Waals surface area contributed by atoms with E-state index in [0.29, 0.717) is 19.0 Å². The summed E-state index contributed by atoms with van der Waals surface area (Å²) in [6.07, 6.45) is 5.83. The summed E-state index contributed by atoms with van der Waals surface area (Å²) < 4.78 is 37.9. The highest BCUT2D eigenvalue weighted by Crippen LogP contribution is 2.46. The quantitative estimate of drug-likeness (QED) is 0.685. The van der Waals surface area contributed by atoms with E-state index in [0.717, 1.165) is 51.4 Å². The van der Waals surface area contributed by atoms with E-state index >= 15 is 0 Å². The van der Waals surface area contributed by atoms with Crippen LogP contribution in [0.3, 0.4) is 0 Å². The van der Waals surface area contributed by atoms with Crippen molar-refractivity contribution in [2.75, 3.05) is 32.9 Å². The van der Waals surface area contributed by atoms with Gasteiger partial charge in [0.2, 0.25) is 11.8 Å². The maximum Gasteiger partial charge on any atom is 0.249 e. The normalized spacial score (nSPS) is 31.3. The molecule has 1 atom stereocenters. The van der Waals surface area contributed by atoms with E-state index in [1.807, 2.05) is 0 Å². The van der Waals surface area contributed by atoms with Crippen LogP contribution in [-0.2, 0) is 14.3 Å². The molecule has 1 spiro atoms. The minimum Gasteiger partial charge on any atom is -0.381 e. The molecule has 1 unspecified atom stereocenters. The fraction of sp³-hybridized carbons (Fsp3) is 0.947. The predicted molar refractivity (Wildman–Crippen MR) is 88.4 cm³/mol. The maximum absolute atomic E-state index is 13.0. The number of likely N-dealkylation sites (tertiary alicyclic amines) is 1. The molecule has 2 aliphatic carbocycles. The Morgan fingerprint density at radius 3 is 2.52 bits per heavy atom. The molecule has 4 fully saturated rings. The Morgan fingerprint density at radius 2 is 1.88 bits per heavy atom. The van der Waals surface area contributed by atoms with Crippen LogP contribution in [0, 0.1) is 17.8 Å². The van der Waals surface area contributed by atoms with Crippen molar-refractivity contribution < 1.29 is 23.0 Å². The third kappa shape index (κ3) is 3.85. The molecule has 4 nitrogen and oxygen atoms in total. The number of piperidine rings is 1. The Balaban J connectivity index is 1.24. The van der Waals surface area contributed by atoms with Gasteiger partial charge in [-0.05, 0) is 50.4 Å². The molecule has 142 valence electrons. The first-order valence-electron chi connectivity index (χ1n) is 9.86. The van der Waals surface area contributed by atoms with Crippen LogP contribution in [0.5, 0.6) is 0 Å². The van der Waals surface area contributed by atoms with E-state index in [9.17, 15) is 13.6 Å². The van der Waals surface area contributed by atoms with Crippen molar-refractivity contribution in [3.63, 3.8) is 0 Å². The topological polar surface area (TPSA) is 38.8 Å². The summed E-state index contributed by atoms with van der Waals surface area (Å²) in [6, 6.07) is 0. The van der Waals surface area contributed by atoms with Crippen LogP contribution in [-0.4, -0.2) is 55.2 Å². The van der Waals surface area contributed by atoms with Gasteiger partial charge in [0.05, 0.1) is 5.60 Å². The zero-order valence-corrected chi connectivity index (χ0v) is 14.9. The molecule has 2 saturated carbocycles. The number of hydrogen-bond acceptors (Lipinski definition) is 3. The second-order valence-electron chi connectivity index (χ2n) is 8.49. The van der Waals surface area contributed by atoms with Gasteiger partial charge in [-0.3, -0.25) is 4.79 Å². The molecule has 0 bridgehead atoms. The van der Waals surface area contributed by atoms with Gasteiger partial charge in [-0.1, -0.05) is 0 Å². The average molecular weight is 357 g/mol. The van der Waals surface area contributed by atoms with Crippen molar-refractivity contribution in [3.05, 3.63) is 0 Å². The van der Waals surface area contributed by atoms with E-state index in [2.05, 4.69) is 0 Å². The smallest absolute Gasteiger partial charge is 0.249 e. The maximum atomic E-state index is 13.0. The third-order valence-electron chi connectivity index (χ3n) is 6.62. The largest absolute Gasteiger partial charge is 0.381 e. The number of hydrogen-bond donors (Lipinski definition) is 0. The Labute approximate surface area is 148 Å². The van der Waals surface area contributed by atoms with Crippen LogP contribution in [0.2, 0.25) is 0 Å². The number of rotatable bonds is 6. The molecule has 6 heteroatoms. The molecule has 0 radical (unpaired) electrons. The SMILES string of the molecule is O=C(C1CC(F)(F)C1)N1CCC2(CC1)OCCC2CCOCC1CC1. The second-order valence-corrected chi connectivity index (χ2v) is 8.49. The molecule has 4 rings (SSSR count). The fourth-order valence-electron chi connectivity index (χ4n) is 4.71. The number of amides is 1. The number of carbonyl (C=O) groups is 1. The zero-order chi connectivity index (χ0) is 17.5. The summed E-state index contributed by atoms with van der Waals surface area (Å²) in [4.78, 5) is 14.2.